The fourth-order valence-electron chi connectivity index (χ4n) is 0.752. The van der Waals surface area contributed by atoms with Gasteiger partial charge in [-0.3, -0.25) is 5.21 Å². The molecule has 0 atom stereocenters. The van der Waals surface area contributed by atoms with E-state index in [0.717, 1.165) is 11.0 Å². The first kappa shape index (κ1) is 30.1. The number of hydrogen-bond donors (Lipinski definition) is 0. The van der Waals surface area contributed by atoms with Crippen molar-refractivity contribution in [2.24, 2.45) is 0 Å². The van der Waals surface area contributed by atoms with E-state index in [1.165, 1.54) is 0 Å². The molecular formula is C6H10N4O2Y3-2. The molecule has 2 rings (SSSR count). The Morgan fingerprint density at radius 1 is 0.933 bits per heavy atom. The third-order valence-corrected chi connectivity index (χ3v) is 1.19. The van der Waals surface area contributed by atoms with Crippen LogP contribution in [0.15, 0.2) is 24.3 Å². The first-order valence-corrected chi connectivity index (χ1v) is 2.67. The minimum absolute atomic E-state index is 0. The van der Waals surface area contributed by atoms with Gasteiger partial charge in [-0.25, -0.2) is 0 Å². The van der Waals surface area contributed by atoms with E-state index in [1.54, 1.807) is 0 Å². The maximum Gasteiger partial charge on any atom is 0 e. The maximum absolute atomic E-state index is 3.76. The number of rotatable bonds is 0. The van der Waals surface area contributed by atoms with E-state index in [2.05, 4.69) is 15.4 Å². The molecule has 77 valence electrons. The van der Waals surface area contributed by atoms with Gasteiger partial charge in [0.15, 0.2) is 0 Å². The smallest absolute Gasteiger partial charge is 0 e. The van der Waals surface area contributed by atoms with Gasteiger partial charge < -0.3 is 27.3 Å². The second-order valence-electron chi connectivity index (χ2n) is 1.78. The summed E-state index contributed by atoms with van der Waals surface area (Å²) in [6.07, 6.45) is 0. The van der Waals surface area contributed by atoms with Crippen molar-refractivity contribution in [1.82, 2.24) is 15.4 Å². The summed E-state index contributed by atoms with van der Waals surface area (Å²) in [7, 11) is 0. The molecule has 0 saturated heterocycles. The van der Waals surface area contributed by atoms with Crippen molar-refractivity contribution in [2.75, 3.05) is 0 Å². The number of benzene rings is 1. The van der Waals surface area contributed by atoms with Crippen LogP contribution in [0.4, 0.5) is 0 Å². The van der Waals surface area contributed by atoms with Crippen LogP contribution in [-0.2, 0) is 98.1 Å². The second-order valence-corrected chi connectivity index (χ2v) is 1.78. The summed E-state index contributed by atoms with van der Waals surface area (Å²) in [4.78, 5) is 0. The molecule has 6 nitrogen and oxygen atoms in total. The molecular weight excluding hydrogens is 427 g/mol. The topological polar surface area (TPSA) is 136 Å². The molecule has 1 aromatic carbocycles. The van der Waals surface area contributed by atoms with Crippen molar-refractivity contribution in [3.05, 3.63) is 30.4 Å². The second kappa shape index (κ2) is 15.8. The fraction of sp³-hybridized carbons (Fsp3) is 0. The van der Waals surface area contributed by atoms with Crippen LogP contribution in [-0.4, -0.2) is 21.3 Å². The first-order valence-electron chi connectivity index (χ1n) is 2.67. The Kier molecular flexibility index (Phi) is 31.8. The summed E-state index contributed by atoms with van der Waals surface area (Å²) in [5.41, 5.74) is 1.72. The zero-order chi connectivity index (χ0) is 6.10. The van der Waals surface area contributed by atoms with Crippen LogP contribution in [0.3, 0.4) is 0 Å². The standard InChI is InChI=1S/C6H4N3.H2N.2H2O.3Y/c1-2-4-6-5(3-1)7-9-8-6;;;;;;/h1-4H;3*1H2;;;/q2*-1;;;;;. The predicted octanol–water partition coefficient (Wildman–Crippen LogP) is -0.353. The molecule has 1 heterocycles. The average Bonchev–Trinajstić information content (AvgIpc) is 2.33. The Morgan fingerprint density at radius 2 is 1.47 bits per heavy atom. The van der Waals surface area contributed by atoms with Gasteiger partial charge in [-0.2, -0.15) is 0 Å². The molecule has 0 unspecified atom stereocenters. The van der Waals surface area contributed by atoms with E-state index in [9.17, 15) is 0 Å². The zero-order valence-electron chi connectivity index (χ0n) is 7.96. The van der Waals surface area contributed by atoms with Gasteiger partial charge in [-0.15, -0.1) is 0 Å². The van der Waals surface area contributed by atoms with Gasteiger partial charge in [-0.1, -0.05) is 24.3 Å². The van der Waals surface area contributed by atoms with Crippen molar-refractivity contribution in [3.63, 3.8) is 0 Å². The van der Waals surface area contributed by atoms with Crippen LogP contribution in [0, 0.1) is 0 Å². The quantitative estimate of drug-likeness (QED) is 0.557. The zero-order valence-corrected chi connectivity index (χ0v) is 16.5. The van der Waals surface area contributed by atoms with Crippen LogP contribution in [0.2, 0.25) is 0 Å². The summed E-state index contributed by atoms with van der Waals surface area (Å²) >= 11 is 0. The van der Waals surface area contributed by atoms with Gasteiger partial charge in [0.1, 0.15) is 0 Å². The Labute approximate surface area is 163 Å². The fourth-order valence-corrected chi connectivity index (χ4v) is 0.752. The Hall–Kier alpha value is 1.81. The van der Waals surface area contributed by atoms with E-state index in [4.69, 9.17) is 0 Å². The Bertz CT molecular complexity index is 302. The number of fused-ring (bicyclic) bond motifs is 1. The van der Waals surface area contributed by atoms with Crippen molar-refractivity contribution >= 4 is 11.0 Å². The van der Waals surface area contributed by atoms with E-state index in [-0.39, 0.29) is 115 Å². The summed E-state index contributed by atoms with van der Waals surface area (Å²) in [6, 6.07) is 7.60. The Morgan fingerprint density at radius 3 is 2.00 bits per heavy atom. The largest absolute Gasteiger partial charge is 0.693 e. The van der Waals surface area contributed by atoms with Crippen LogP contribution in [0.25, 0.3) is 17.2 Å². The van der Waals surface area contributed by atoms with Gasteiger partial charge in [0.2, 0.25) is 0 Å². The molecule has 15 heavy (non-hydrogen) atoms. The van der Waals surface area contributed by atoms with Crippen LogP contribution < -0.4 is 5.10 Å². The van der Waals surface area contributed by atoms with E-state index >= 15 is 0 Å². The molecule has 1 aromatic heterocycles. The van der Waals surface area contributed by atoms with Gasteiger partial charge >= 0.3 is 0 Å². The van der Waals surface area contributed by atoms with Crippen LogP contribution in [0.5, 0.6) is 0 Å². The minimum Gasteiger partial charge on any atom is -0.693 e. The van der Waals surface area contributed by atoms with E-state index in [0.29, 0.717) is 0 Å². The molecule has 0 aliphatic rings. The molecule has 0 aliphatic heterocycles. The van der Waals surface area contributed by atoms with Gasteiger partial charge in [-0.05, 0) is 11.0 Å². The summed E-state index contributed by atoms with van der Waals surface area (Å²) < 4.78 is 0. The molecule has 6 N–H and O–H groups in total. The summed E-state index contributed by atoms with van der Waals surface area (Å²) in [5, 5.41) is 11.0. The molecule has 9 heteroatoms. The third kappa shape index (κ3) is 8.52. The molecule has 0 saturated carbocycles. The van der Waals surface area contributed by atoms with Gasteiger partial charge in [0.05, 0.1) is 0 Å². The number of nitrogens with two attached hydrogens (primary N) is 1. The average molecular weight is 437 g/mol. The number of nitrogens with zero attached hydrogens (tertiary/aromatic N) is 3. The molecule has 0 aliphatic carbocycles. The van der Waals surface area contributed by atoms with Gasteiger partial charge in [0.25, 0.3) is 0 Å². The predicted molar refractivity (Wildman–Crippen MR) is 45.4 cm³/mol. The molecule has 0 amide bonds. The molecule has 3 radical (unpaired) electrons. The summed E-state index contributed by atoms with van der Waals surface area (Å²) in [6.45, 7) is 0. The van der Waals surface area contributed by atoms with Gasteiger partial charge in [0, 0.05) is 98.1 Å². The molecule has 0 spiro atoms. The Balaban J connectivity index is -0.0000000556. The van der Waals surface area contributed by atoms with Crippen molar-refractivity contribution < 1.29 is 109 Å². The van der Waals surface area contributed by atoms with Crippen molar-refractivity contribution in [1.29, 1.82) is 0 Å². The molecule has 0 fully saturated rings. The van der Waals surface area contributed by atoms with Crippen LogP contribution >= 0.6 is 0 Å². The molecule has 2 aromatic rings. The van der Waals surface area contributed by atoms with Crippen molar-refractivity contribution in [2.45, 2.75) is 0 Å². The first-order chi connectivity index (χ1) is 4.47. The summed E-state index contributed by atoms with van der Waals surface area (Å²) in [5.74, 6) is 0. The van der Waals surface area contributed by atoms with Crippen LogP contribution in [0.1, 0.15) is 0 Å². The number of aromatic nitrogens is 3. The monoisotopic (exact) mass is 437 g/mol. The SMILES string of the molecule is O.O.[NH2-].[Y].[Y].[Y].c1ccc2[n-]nnc2c1. The number of hydrogen-bond acceptors (Lipinski definition) is 2. The maximum atomic E-state index is 3.76. The van der Waals surface area contributed by atoms with E-state index in [1.807, 2.05) is 24.3 Å². The van der Waals surface area contributed by atoms with E-state index < -0.39 is 0 Å². The molecule has 0 bridgehead atoms. The normalized spacial score (nSPS) is 6.13. The van der Waals surface area contributed by atoms with Crippen molar-refractivity contribution in [3.8, 4) is 0 Å². The minimum atomic E-state index is 0. The third-order valence-electron chi connectivity index (χ3n) is 1.19.